The van der Waals surface area contributed by atoms with Gasteiger partial charge in [0.25, 0.3) is 0 Å². The summed E-state index contributed by atoms with van der Waals surface area (Å²) in [6.07, 6.45) is 7.65. The minimum Gasteiger partial charge on any atom is -0.386 e. The number of hydrogen-bond donors (Lipinski definition) is 1. The number of nitrogens with zero attached hydrogens (tertiary/aromatic N) is 1. The van der Waals surface area contributed by atoms with Gasteiger partial charge in [0.1, 0.15) is 17.6 Å². The van der Waals surface area contributed by atoms with Crippen LogP contribution in [-0.4, -0.2) is 60.4 Å². The molecule has 5 saturated carbocycles. The molecule has 0 aromatic heterocycles. The molecule has 168 valence electrons. The van der Waals surface area contributed by atoms with E-state index in [4.69, 9.17) is 4.74 Å². The second kappa shape index (κ2) is 6.99. The molecule has 1 aliphatic heterocycles. The average molecular weight is 420 g/mol. The van der Waals surface area contributed by atoms with Gasteiger partial charge in [-0.1, -0.05) is 6.92 Å². The molecule has 1 N–H and O–H groups in total. The van der Waals surface area contributed by atoms with Gasteiger partial charge in [-0.25, -0.2) is 4.39 Å². The number of Topliss-reactive ketones (excluding diaryl/α,β-unsaturated/α-hetero) is 1. The minimum absolute atomic E-state index is 0.0723. The molecular weight excluding hydrogens is 381 g/mol. The molecule has 6 aliphatic rings. The number of ketones is 1. The Kier molecular flexibility index (Phi) is 4.68. The lowest BCUT2D eigenvalue weighted by Crippen LogP contribution is -2.51. The number of ether oxygens (including phenoxy) is 1. The van der Waals surface area contributed by atoms with Gasteiger partial charge in [0, 0.05) is 24.9 Å². The lowest BCUT2D eigenvalue weighted by molar-refractivity contribution is -0.133. The van der Waals surface area contributed by atoms with Crippen molar-refractivity contribution in [2.24, 2.45) is 46.8 Å². The molecule has 4 nitrogen and oxygen atoms in total. The van der Waals surface area contributed by atoms with E-state index in [1.54, 1.807) is 0 Å². The summed E-state index contributed by atoms with van der Waals surface area (Å²) in [7, 11) is 0. The number of aliphatic hydroxyl groups is 1. The van der Waals surface area contributed by atoms with Crippen molar-refractivity contribution in [3.8, 4) is 0 Å². The molecule has 6 fully saturated rings. The summed E-state index contributed by atoms with van der Waals surface area (Å²) in [4.78, 5) is 15.6. The molecule has 0 aromatic carbocycles. The molecule has 1 heterocycles. The Morgan fingerprint density at radius 2 is 1.70 bits per heavy atom. The molecule has 2 unspecified atom stereocenters. The quantitative estimate of drug-likeness (QED) is 0.761. The molecule has 1 saturated heterocycles. The topological polar surface area (TPSA) is 49.8 Å². The zero-order chi connectivity index (χ0) is 20.7. The molecule has 0 bridgehead atoms. The Bertz CT molecular complexity index is 711. The van der Waals surface area contributed by atoms with Gasteiger partial charge in [0.15, 0.2) is 0 Å². The number of morpholine rings is 1. The fourth-order valence-corrected chi connectivity index (χ4v) is 9.37. The van der Waals surface area contributed by atoms with Crippen molar-refractivity contribution in [1.29, 1.82) is 0 Å². The van der Waals surface area contributed by atoms with Crippen LogP contribution >= 0.6 is 0 Å². The van der Waals surface area contributed by atoms with Crippen molar-refractivity contribution >= 4 is 5.78 Å². The number of fused-ring (bicyclic) bond motifs is 7. The highest BCUT2D eigenvalue weighted by molar-refractivity contribution is 5.84. The predicted octanol–water partition coefficient (Wildman–Crippen LogP) is 3.47. The fraction of sp³-hybridized carbons (Fsp3) is 0.960. The maximum Gasteiger partial charge on any atom is 0.150 e. The molecule has 30 heavy (non-hydrogen) atoms. The third-order valence-electron chi connectivity index (χ3n) is 10.9. The molecule has 0 spiro atoms. The van der Waals surface area contributed by atoms with Gasteiger partial charge in [-0.15, -0.1) is 0 Å². The normalized spacial score (nSPS) is 55.2. The van der Waals surface area contributed by atoms with E-state index in [2.05, 4.69) is 11.8 Å². The van der Waals surface area contributed by atoms with E-state index in [0.29, 0.717) is 48.3 Å². The fourth-order valence-electron chi connectivity index (χ4n) is 9.37. The summed E-state index contributed by atoms with van der Waals surface area (Å²) in [6, 6.07) is 0. The van der Waals surface area contributed by atoms with Crippen LogP contribution in [0.15, 0.2) is 0 Å². The smallest absolute Gasteiger partial charge is 0.150 e. The predicted molar refractivity (Wildman–Crippen MR) is 112 cm³/mol. The van der Waals surface area contributed by atoms with Crippen LogP contribution in [0.1, 0.15) is 58.3 Å². The van der Waals surface area contributed by atoms with Crippen LogP contribution in [0.25, 0.3) is 0 Å². The first-order valence-electron chi connectivity index (χ1n) is 12.6. The highest BCUT2D eigenvalue weighted by Crippen LogP contribution is 2.69. The lowest BCUT2D eigenvalue weighted by atomic mass is 9.49. The van der Waals surface area contributed by atoms with Crippen LogP contribution in [0.3, 0.4) is 0 Å². The Morgan fingerprint density at radius 3 is 2.50 bits per heavy atom. The van der Waals surface area contributed by atoms with Crippen molar-refractivity contribution in [1.82, 2.24) is 4.90 Å². The van der Waals surface area contributed by atoms with Gasteiger partial charge < -0.3 is 9.84 Å². The van der Waals surface area contributed by atoms with Crippen LogP contribution in [-0.2, 0) is 9.53 Å². The summed E-state index contributed by atoms with van der Waals surface area (Å²) in [5, 5.41) is 10.5. The van der Waals surface area contributed by atoms with E-state index in [1.807, 2.05) is 0 Å². The summed E-state index contributed by atoms with van der Waals surface area (Å²) in [5.41, 5.74) is -0.809. The highest BCUT2D eigenvalue weighted by Gasteiger charge is 2.72. The van der Waals surface area contributed by atoms with E-state index in [9.17, 15) is 14.3 Å². The average Bonchev–Trinajstić information content (AvgIpc) is 3.12. The summed E-state index contributed by atoms with van der Waals surface area (Å²) < 4.78 is 19.8. The highest BCUT2D eigenvalue weighted by atomic mass is 19.1. The van der Waals surface area contributed by atoms with Gasteiger partial charge in [0.05, 0.1) is 19.8 Å². The standard InChI is InChI=1S/C25H38FNO3/c1-24-8-6-15-16-7-9-25(29)22(23(25)26)18(16)3-2-17(15)19(24)4-5-20(24)21(28)14-27-10-12-30-13-11-27/h15-20,22-23,29H,2-14H2,1H3/t15-,16-,17-,18-,19+,20-,22?,23?,24+,25-/m1/s1. The molecule has 0 radical (unpaired) electrons. The summed E-state index contributed by atoms with van der Waals surface area (Å²) in [5.74, 6) is 3.72. The second-order valence-electron chi connectivity index (χ2n) is 11.8. The maximum absolute atomic E-state index is 14.4. The van der Waals surface area contributed by atoms with E-state index >= 15 is 0 Å². The van der Waals surface area contributed by atoms with Crippen molar-refractivity contribution in [2.45, 2.75) is 70.1 Å². The molecule has 6 rings (SSSR count). The molecule has 5 heteroatoms. The molecular formula is C25H38FNO3. The van der Waals surface area contributed by atoms with Gasteiger partial charge in [0.2, 0.25) is 0 Å². The first kappa shape index (κ1) is 20.1. The number of hydrogen-bond acceptors (Lipinski definition) is 4. The third-order valence-corrected chi connectivity index (χ3v) is 10.9. The van der Waals surface area contributed by atoms with Gasteiger partial charge in [-0.3, -0.25) is 9.69 Å². The third kappa shape index (κ3) is 2.76. The van der Waals surface area contributed by atoms with Crippen LogP contribution in [0.2, 0.25) is 0 Å². The zero-order valence-electron chi connectivity index (χ0n) is 18.4. The monoisotopic (exact) mass is 419 g/mol. The number of rotatable bonds is 3. The van der Waals surface area contributed by atoms with Crippen molar-refractivity contribution in [3.05, 3.63) is 0 Å². The number of carbonyl (C=O) groups excluding carboxylic acids is 1. The first-order valence-corrected chi connectivity index (χ1v) is 12.6. The summed E-state index contributed by atoms with van der Waals surface area (Å²) in [6.45, 7) is 6.30. The van der Waals surface area contributed by atoms with Gasteiger partial charge in [-0.2, -0.15) is 0 Å². The number of carbonyl (C=O) groups is 1. The Hall–Kier alpha value is -0.520. The van der Waals surface area contributed by atoms with Crippen molar-refractivity contribution in [3.63, 3.8) is 0 Å². The van der Waals surface area contributed by atoms with Crippen LogP contribution in [0.5, 0.6) is 0 Å². The van der Waals surface area contributed by atoms with E-state index in [-0.39, 0.29) is 17.3 Å². The first-order chi connectivity index (χ1) is 14.4. The molecule has 10 atom stereocenters. The largest absolute Gasteiger partial charge is 0.386 e. The summed E-state index contributed by atoms with van der Waals surface area (Å²) >= 11 is 0. The zero-order valence-corrected chi connectivity index (χ0v) is 18.4. The van der Waals surface area contributed by atoms with Crippen molar-refractivity contribution < 1.29 is 19.0 Å². The van der Waals surface area contributed by atoms with E-state index in [1.165, 1.54) is 19.3 Å². The van der Waals surface area contributed by atoms with Gasteiger partial charge >= 0.3 is 0 Å². The SMILES string of the molecule is C[C@]12CC[C@@H]3[C@H]4CC[C@]5(O)C(F)C5[C@@H]4CC[C@H]3[C@@H]1CC[C@@H]2C(=O)CN1CCOCC1. The van der Waals surface area contributed by atoms with Gasteiger partial charge in [-0.05, 0) is 86.4 Å². The Labute approximate surface area is 179 Å². The van der Waals surface area contributed by atoms with Crippen molar-refractivity contribution in [2.75, 3.05) is 32.8 Å². The molecule has 0 amide bonds. The molecule has 5 aliphatic carbocycles. The maximum atomic E-state index is 14.4. The van der Waals surface area contributed by atoms with Crippen LogP contribution in [0.4, 0.5) is 4.39 Å². The molecule has 0 aromatic rings. The van der Waals surface area contributed by atoms with E-state index < -0.39 is 11.8 Å². The number of alkyl halides is 1. The second-order valence-corrected chi connectivity index (χ2v) is 11.8. The Morgan fingerprint density at radius 1 is 1.00 bits per heavy atom. The lowest BCUT2D eigenvalue weighted by Gasteiger charge is -2.55. The minimum atomic E-state index is -0.971. The van der Waals surface area contributed by atoms with Crippen LogP contribution < -0.4 is 0 Å². The Balaban J connectivity index is 1.16. The van der Waals surface area contributed by atoms with Crippen LogP contribution in [0, 0.1) is 46.8 Å². The number of halogens is 1. The van der Waals surface area contributed by atoms with E-state index in [0.717, 1.165) is 52.0 Å².